The fraction of sp³-hybridized carbons (Fsp3) is 0.444. The molecule has 244 valence electrons. The van der Waals surface area contributed by atoms with Crippen LogP contribution in [0.3, 0.4) is 0 Å². The number of H-pyrrole nitrogens is 2. The van der Waals surface area contributed by atoms with Crippen LogP contribution in [0.4, 0.5) is 9.59 Å². The number of imidazole rings is 2. The van der Waals surface area contributed by atoms with Crippen molar-refractivity contribution >= 4 is 12.2 Å². The van der Waals surface area contributed by atoms with Gasteiger partial charge in [-0.2, -0.15) is 0 Å². The lowest BCUT2D eigenvalue weighted by atomic mass is 10.0. The van der Waals surface area contributed by atoms with Crippen molar-refractivity contribution in [2.75, 3.05) is 6.54 Å². The highest BCUT2D eigenvalue weighted by Gasteiger charge is 2.35. The average Bonchev–Trinajstić information content (AvgIpc) is 3.75. The third kappa shape index (κ3) is 7.97. The number of aromatic nitrogens is 4. The minimum Gasteiger partial charge on any atom is -0.444 e. The van der Waals surface area contributed by atoms with Gasteiger partial charge in [0.1, 0.15) is 22.9 Å². The molecule has 1 saturated heterocycles. The number of hydrogen-bond donors (Lipinski definition) is 3. The number of benzene rings is 2. The van der Waals surface area contributed by atoms with E-state index in [9.17, 15) is 9.59 Å². The van der Waals surface area contributed by atoms with Crippen molar-refractivity contribution in [1.29, 1.82) is 0 Å². The van der Waals surface area contributed by atoms with Gasteiger partial charge in [0.15, 0.2) is 0 Å². The van der Waals surface area contributed by atoms with Crippen LogP contribution in [0.1, 0.15) is 92.0 Å². The van der Waals surface area contributed by atoms with Crippen LogP contribution in [0.2, 0.25) is 0 Å². The third-order valence-electron chi connectivity index (χ3n) is 7.75. The number of nitrogens with one attached hydrogen (secondary N) is 3. The molecular formula is C36H46N6O4. The Hall–Kier alpha value is -4.60. The number of aromatic amines is 2. The van der Waals surface area contributed by atoms with Crippen LogP contribution in [0.25, 0.3) is 33.6 Å². The van der Waals surface area contributed by atoms with Gasteiger partial charge in [0.2, 0.25) is 0 Å². The van der Waals surface area contributed by atoms with E-state index in [-0.39, 0.29) is 24.1 Å². The minimum absolute atomic E-state index is 0.111. The number of carbonyl (C=O) groups excluding carboxylic acids is 2. The quantitative estimate of drug-likeness (QED) is 0.189. The Morgan fingerprint density at radius 2 is 1.33 bits per heavy atom. The van der Waals surface area contributed by atoms with Gasteiger partial charge in [-0.05, 0) is 82.6 Å². The highest BCUT2D eigenvalue weighted by atomic mass is 16.6. The zero-order chi connectivity index (χ0) is 33.2. The van der Waals surface area contributed by atoms with E-state index in [2.05, 4.69) is 73.8 Å². The molecule has 0 saturated carbocycles. The summed E-state index contributed by atoms with van der Waals surface area (Å²) < 4.78 is 11.1. The lowest BCUT2D eigenvalue weighted by Gasteiger charge is -2.27. The van der Waals surface area contributed by atoms with Crippen molar-refractivity contribution in [1.82, 2.24) is 30.2 Å². The predicted octanol–water partition coefficient (Wildman–Crippen LogP) is 8.43. The number of alkyl carbamates (subject to hydrolysis) is 1. The Morgan fingerprint density at radius 1 is 0.804 bits per heavy atom. The first-order valence-corrected chi connectivity index (χ1v) is 16.0. The zero-order valence-corrected chi connectivity index (χ0v) is 28.1. The maximum absolute atomic E-state index is 12.8. The number of carbonyl (C=O) groups is 2. The molecule has 5 rings (SSSR count). The van der Waals surface area contributed by atoms with Crippen LogP contribution < -0.4 is 5.32 Å². The largest absolute Gasteiger partial charge is 0.444 e. The normalized spacial score (nSPS) is 16.0. The molecule has 0 radical (unpaired) electrons. The van der Waals surface area contributed by atoms with Crippen LogP contribution in [-0.2, 0) is 9.47 Å². The Bertz CT molecular complexity index is 1560. The molecule has 3 N–H and O–H groups in total. The summed E-state index contributed by atoms with van der Waals surface area (Å²) in [6.45, 7) is 15.9. The summed E-state index contributed by atoms with van der Waals surface area (Å²) in [5.41, 5.74) is 4.86. The van der Waals surface area contributed by atoms with Crippen LogP contribution in [0, 0.1) is 5.92 Å². The SMILES string of the molecule is CC(C)[C@H](NC(=O)OC(C)(C)C)c1ncc(-c2ccc(-c3ccc(-c4cnc(C5CCCN5C(=O)OC(C)(C)C)[nH]4)cc3)cc2)[nH]1. The molecule has 10 nitrogen and oxygen atoms in total. The Morgan fingerprint density at radius 3 is 1.87 bits per heavy atom. The molecule has 4 aromatic rings. The molecule has 0 aliphatic carbocycles. The van der Waals surface area contributed by atoms with Gasteiger partial charge in [-0.1, -0.05) is 62.4 Å². The molecule has 46 heavy (non-hydrogen) atoms. The number of nitrogens with zero attached hydrogens (tertiary/aromatic N) is 3. The predicted molar refractivity (Wildman–Crippen MR) is 179 cm³/mol. The van der Waals surface area contributed by atoms with Gasteiger partial charge in [0.05, 0.1) is 35.9 Å². The fourth-order valence-corrected chi connectivity index (χ4v) is 5.55. The zero-order valence-electron chi connectivity index (χ0n) is 28.1. The lowest BCUT2D eigenvalue weighted by Crippen LogP contribution is -2.37. The van der Waals surface area contributed by atoms with Crippen LogP contribution >= 0.6 is 0 Å². The first-order chi connectivity index (χ1) is 21.7. The smallest absolute Gasteiger partial charge is 0.410 e. The van der Waals surface area contributed by atoms with Gasteiger partial charge in [0.25, 0.3) is 0 Å². The number of rotatable bonds is 7. The van der Waals surface area contributed by atoms with E-state index in [1.54, 1.807) is 11.1 Å². The van der Waals surface area contributed by atoms with Gasteiger partial charge >= 0.3 is 12.2 Å². The summed E-state index contributed by atoms with van der Waals surface area (Å²) in [5.74, 6) is 1.57. The lowest BCUT2D eigenvalue weighted by molar-refractivity contribution is 0.0218. The van der Waals surface area contributed by atoms with Crippen molar-refractivity contribution in [2.45, 2.75) is 91.5 Å². The van der Waals surface area contributed by atoms with E-state index in [1.165, 1.54) is 0 Å². The molecule has 3 heterocycles. The number of likely N-dealkylation sites (tertiary alicyclic amines) is 1. The van der Waals surface area contributed by atoms with Gasteiger partial charge in [0, 0.05) is 6.54 Å². The molecule has 1 fully saturated rings. The molecule has 1 unspecified atom stereocenters. The van der Waals surface area contributed by atoms with E-state index in [4.69, 9.17) is 9.47 Å². The second-order valence-electron chi connectivity index (χ2n) is 14.2. The number of hydrogen-bond acceptors (Lipinski definition) is 6. The van der Waals surface area contributed by atoms with E-state index < -0.39 is 17.3 Å². The summed E-state index contributed by atoms with van der Waals surface area (Å²) in [6, 6.07) is 16.2. The van der Waals surface area contributed by atoms with E-state index in [0.29, 0.717) is 12.4 Å². The average molecular weight is 627 g/mol. The summed E-state index contributed by atoms with van der Waals surface area (Å²) in [6.07, 6.45) is 4.62. The number of ether oxygens (including phenoxy) is 2. The molecule has 1 aliphatic rings. The monoisotopic (exact) mass is 626 g/mol. The molecule has 10 heteroatoms. The summed E-state index contributed by atoms with van der Waals surface area (Å²) in [5, 5.41) is 2.95. The second kappa shape index (κ2) is 13.0. The maximum Gasteiger partial charge on any atom is 0.410 e. The van der Waals surface area contributed by atoms with Gasteiger partial charge in [-0.15, -0.1) is 0 Å². The second-order valence-corrected chi connectivity index (χ2v) is 14.2. The standard InChI is InChI=1S/C36H46N6O4/c1-22(2)30(41-33(43)45-35(3,4)5)32-38-21-28(40-32)26-17-13-24(14-18-26)23-11-15-25(16-12-23)27-20-37-31(39-27)29-10-9-19-42(29)34(44)46-36(6,7)8/h11-18,20-22,29-30H,9-10,19H2,1-8H3,(H,37,39)(H,38,40)(H,41,43)/t29?,30-/m0/s1. The highest BCUT2D eigenvalue weighted by Crippen LogP contribution is 2.33. The van der Waals surface area contributed by atoms with Gasteiger partial charge in [-0.25, -0.2) is 19.6 Å². The minimum atomic E-state index is -0.577. The molecule has 2 amide bonds. The number of amides is 2. The van der Waals surface area contributed by atoms with E-state index in [1.807, 2.05) is 61.6 Å². The van der Waals surface area contributed by atoms with Crippen LogP contribution in [-0.4, -0.2) is 54.8 Å². The fourth-order valence-electron chi connectivity index (χ4n) is 5.55. The van der Waals surface area contributed by atoms with E-state index >= 15 is 0 Å². The molecule has 0 bridgehead atoms. The molecule has 0 spiro atoms. The summed E-state index contributed by atoms with van der Waals surface area (Å²) >= 11 is 0. The Kier molecular flexibility index (Phi) is 9.28. The van der Waals surface area contributed by atoms with Crippen molar-refractivity contribution < 1.29 is 19.1 Å². The molecule has 2 atom stereocenters. The van der Waals surface area contributed by atoms with Gasteiger partial charge in [-0.3, -0.25) is 4.90 Å². The molecular weight excluding hydrogens is 580 g/mol. The van der Waals surface area contributed by atoms with Crippen molar-refractivity contribution in [3.8, 4) is 33.6 Å². The van der Waals surface area contributed by atoms with Crippen LogP contribution in [0.15, 0.2) is 60.9 Å². The Labute approximate surface area is 271 Å². The van der Waals surface area contributed by atoms with Crippen molar-refractivity contribution in [3.05, 3.63) is 72.6 Å². The molecule has 2 aromatic carbocycles. The summed E-state index contributed by atoms with van der Waals surface area (Å²) in [4.78, 5) is 43.0. The first-order valence-electron chi connectivity index (χ1n) is 16.0. The topological polar surface area (TPSA) is 125 Å². The van der Waals surface area contributed by atoms with Gasteiger partial charge < -0.3 is 24.8 Å². The van der Waals surface area contributed by atoms with Crippen molar-refractivity contribution in [3.63, 3.8) is 0 Å². The molecule has 2 aromatic heterocycles. The maximum atomic E-state index is 12.8. The Balaban J connectivity index is 1.25. The van der Waals surface area contributed by atoms with E-state index in [0.717, 1.165) is 52.3 Å². The highest BCUT2D eigenvalue weighted by molar-refractivity contribution is 5.72. The first kappa shape index (κ1) is 32.8. The molecule has 1 aliphatic heterocycles. The third-order valence-corrected chi connectivity index (χ3v) is 7.75. The van der Waals surface area contributed by atoms with Crippen LogP contribution in [0.5, 0.6) is 0 Å². The van der Waals surface area contributed by atoms with Crippen molar-refractivity contribution in [2.24, 2.45) is 5.92 Å². The summed E-state index contributed by atoms with van der Waals surface area (Å²) in [7, 11) is 0.